The molecule has 0 aliphatic carbocycles. The standard InChI is InChI=1S/C16H18ClNO3/c1-10(13-6-4-5-7-15(13)17)18-9-12-8-14(11(2)21-12)16(19)20-3/h4-8,10,18H,9H2,1-3H3/t10-/m0/s1. The minimum absolute atomic E-state index is 0.0747. The van der Waals surface area contributed by atoms with Gasteiger partial charge in [0.1, 0.15) is 17.1 Å². The van der Waals surface area contributed by atoms with Gasteiger partial charge in [0.2, 0.25) is 0 Å². The Morgan fingerprint density at radius 1 is 1.43 bits per heavy atom. The molecule has 0 saturated carbocycles. The van der Waals surface area contributed by atoms with Gasteiger partial charge in [0.25, 0.3) is 0 Å². The van der Waals surface area contributed by atoms with Crippen LogP contribution in [-0.2, 0) is 11.3 Å². The lowest BCUT2D eigenvalue weighted by atomic mass is 10.1. The van der Waals surface area contributed by atoms with Crippen molar-refractivity contribution in [3.8, 4) is 0 Å². The van der Waals surface area contributed by atoms with Gasteiger partial charge in [0.05, 0.1) is 13.7 Å². The molecule has 1 N–H and O–H groups in total. The third-order valence-corrected chi connectivity index (χ3v) is 3.67. The zero-order chi connectivity index (χ0) is 15.4. The number of methoxy groups -OCH3 is 1. The Morgan fingerprint density at radius 3 is 2.81 bits per heavy atom. The number of hydrogen-bond donors (Lipinski definition) is 1. The molecule has 0 spiro atoms. The number of aryl methyl sites for hydroxylation is 1. The van der Waals surface area contributed by atoms with E-state index in [1.54, 1.807) is 13.0 Å². The molecule has 112 valence electrons. The number of hydrogen-bond acceptors (Lipinski definition) is 4. The van der Waals surface area contributed by atoms with E-state index in [-0.39, 0.29) is 12.0 Å². The summed E-state index contributed by atoms with van der Waals surface area (Å²) in [6.45, 7) is 4.27. The van der Waals surface area contributed by atoms with Gasteiger partial charge in [-0.1, -0.05) is 29.8 Å². The van der Waals surface area contributed by atoms with Gasteiger partial charge in [-0.15, -0.1) is 0 Å². The zero-order valence-corrected chi connectivity index (χ0v) is 13.0. The van der Waals surface area contributed by atoms with Gasteiger partial charge >= 0.3 is 5.97 Å². The predicted molar refractivity (Wildman–Crippen MR) is 81.5 cm³/mol. The van der Waals surface area contributed by atoms with Gasteiger partial charge in [0, 0.05) is 11.1 Å². The number of ether oxygens (including phenoxy) is 1. The molecule has 0 fully saturated rings. The predicted octanol–water partition coefficient (Wildman–Crippen LogP) is 3.88. The van der Waals surface area contributed by atoms with E-state index in [2.05, 4.69) is 5.32 Å². The minimum atomic E-state index is -0.387. The lowest BCUT2D eigenvalue weighted by Crippen LogP contribution is -2.18. The van der Waals surface area contributed by atoms with Crippen LogP contribution in [0.25, 0.3) is 0 Å². The van der Waals surface area contributed by atoms with E-state index in [1.165, 1.54) is 7.11 Å². The highest BCUT2D eigenvalue weighted by atomic mass is 35.5. The first-order valence-electron chi connectivity index (χ1n) is 6.68. The number of halogens is 1. The number of carbonyl (C=O) groups excluding carboxylic acids is 1. The fourth-order valence-corrected chi connectivity index (χ4v) is 2.43. The molecule has 0 bridgehead atoms. The molecule has 0 radical (unpaired) electrons. The quantitative estimate of drug-likeness (QED) is 0.852. The largest absolute Gasteiger partial charge is 0.465 e. The van der Waals surface area contributed by atoms with Crippen LogP contribution in [0.4, 0.5) is 0 Å². The summed E-state index contributed by atoms with van der Waals surface area (Å²) in [5, 5.41) is 4.05. The minimum Gasteiger partial charge on any atom is -0.465 e. The van der Waals surface area contributed by atoms with Crippen molar-refractivity contribution in [2.75, 3.05) is 7.11 Å². The fraction of sp³-hybridized carbons (Fsp3) is 0.312. The smallest absolute Gasteiger partial charge is 0.341 e. The average molecular weight is 308 g/mol. The molecule has 1 heterocycles. The topological polar surface area (TPSA) is 51.5 Å². The van der Waals surface area contributed by atoms with Crippen LogP contribution in [-0.4, -0.2) is 13.1 Å². The normalized spacial score (nSPS) is 12.2. The van der Waals surface area contributed by atoms with Crippen molar-refractivity contribution in [3.63, 3.8) is 0 Å². The molecular weight excluding hydrogens is 290 g/mol. The Bertz CT molecular complexity index is 636. The van der Waals surface area contributed by atoms with E-state index in [0.29, 0.717) is 23.6 Å². The summed E-state index contributed by atoms with van der Waals surface area (Å²) >= 11 is 6.17. The summed E-state index contributed by atoms with van der Waals surface area (Å²) < 4.78 is 10.3. The molecule has 1 aromatic heterocycles. The van der Waals surface area contributed by atoms with E-state index in [4.69, 9.17) is 20.8 Å². The van der Waals surface area contributed by atoms with Gasteiger partial charge in [-0.05, 0) is 31.5 Å². The Balaban J connectivity index is 2.03. The summed E-state index contributed by atoms with van der Waals surface area (Å²) in [5.74, 6) is 0.859. The maximum Gasteiger partial charge on any atom is 0.341 e. The Hall–Kier alpha value is -1.78. The molecule has 1 atom stereocenters. The van der Waals surface area contributed by atoms with Crippen LogP contribution in [0.2, 0.25) is 5.02 Å². The Morgan fingerprint density at radius 2 is 2.14 bits per heavy atom. The molecular formula is C16H18ClNO3. The number of rotatable bonds is 5. The average Bonchev–Trinajstić information content (AvgIpc) is 2.85. The summed E-state index contributed by atoms with van der Waals surface area (Å²) in [6, 6.07) is 9.47. The van der Waals surface area contributed by atoms with Crippen LogP contribution >= 0.6 is 11.6 Å². The van der Waals surface area contributed by atoms with Crippen LogP contribution in [0.5, 0.6) is 0 Å². The lowest BCUT2D eigenvalue weighted by molar-refractivity contribution is 0.0599. The number of nitrogens with one attached hydrogen (secondary N) is 1. The fourth-order valence-electron chi connectivity index (χ4n) is 2.13. The second-order valence-corrected chi connectivity index (χ2v) is 5.21. The van der Waals surface area contributed by atoms with Crippen molar-refractivity contribution in [1.82, 2.24) is 5.32 Å². The van der Waals surface area contributed by atoms with Gasteiger partial charge in [-0.2, -0.15) is 0 Å². The molecule has 21 heavy (non-hydrogen) atoms. The molecule has 0 saturated heterocycles. The van der Waals surface area contributed by atoms with E-state index in [9.17, 15) is 4.79 Å². The van der Waals surface area contributed by atoms with Gasteiger partial charge < -0.3 is 14.5 Å². The Labute approximate surface area is 129 Å². The highest BCUT2D eigenvalue weighted by Gasteiger charge is 2.16. The molecule has 2 rings (SSSR count). The van der Waals surface area contributed by atoms with Crippen LogP contribution in [0.15, 0.2) is 34.7 Å². The summed E-state index contributed by atoms with van der Waals surface area (Å²) in [5.41, 5.74) is 1.48. The van der Waals surface area contributed by atoms with Crippen LogP contribution < -0.4 is 5.32 Å². The maximum atomic E-state index is 11.5. The lowest BCUT2D eigenvalue weighted by Gasteiger charge is -2.14. The van der Waals surface area contributed by atoms with Crippen molar-refractivity contribution in [2.45, 2.75) is 26.4 Å². The molecule has 0 amide bonds. The van der Waals surface area contributed by atoms with Crippen LogP contribution in [0.3, 0.4) is 0 Å². The molecule has 0 unspecified atom stereocenters. The molecule has 0 aliphatic rings. The van der Waals surface area contributed by atoms with Crippen molar-refractivity contribution in [2.24, 2.45) is 0 Å². The summed E-state index contributed by atoms with van der Waals surface area (Å²) in [7, 11) is 1.35. The van der Waals surface area contributed by atoms with E-state index >= 15 is 0 Å². The van der Waals surface area contributed by atoms with E-state index < -0.39 is 0 Å². The first kappa shape index (κ1) is 15.6. The van der Waals surface area contributed by atoms with E-state index in [1.807, 2.05) is 31.2 Å². The second kappa shape index (κ2) is 6.78. The van der Waals surface area contributed by atoms with Crippen LogP contribution in [0, 0.1) is 6.92 Å². The maximum absolute atomic E-state index is 11.5. The molecule has 4 nitrogen and oxygen atoms in total. The summed E-state index contributed by atoms with van der Waals surface area (Å²) in [4.78, 5) is 11.5. The first-order valence-corrected chi connectivity index (χ1v) is 7.06. The number of furan rings is 1. The highest BCUT2D eigenvalue weighted by Crippen LogP contribution is 2.23. The third kappa shape index (κ3) is 3.65. The van der Waals surface area contributed by atoms with E-state index in [0.717, 1.165) is 10.6 Å². The monoisotopic (exact) mass is 307 g/mol. The highest BCUT2D eigenvalue weighted by molar-refractivity contribution is 6.31. The molecule has 0 aliphatic heterocycles. The van der Waals surface area contributed by atoms with Gasteiger partial charge in [-0.3, -0.25) is 0 Å². The molecule has 5 heteroatoms. The van der Waals surface area contributed by atoms with Crippen molar-refractivity contribution >= 4 is 17.6 Å². The second-order valence-electron chi connectivity index (χ2n) is 4.80. The Kier molecular flexibility index (Phi) is 5.04. The van der Waals surface area contributed by atoms with Crippen molar-refractivity contribution < 1.29 is 13.9 Å². The van der Waals surface area contributed by atoms with Crippen LogP contribution in [0.1, 0.15) is 40.4 Å². The zero-order valence-electron chi connectivity index (χ0n) is 12.3. The number of benzene rings is 1. The van der Waals surface area contributed by atoms with Crippen molar-refractivity contribution in [1.29, 1.82) is 0 Å². The third-order valence-electron chi connectivity index (χ3n) is 3.33. The number of carbonyl (C=O) groups is 1. The SMILES string of the molecule is COC(=O)c1cc(CN[C@@H](C)c2ccccc2Cl)oc1C. The van der Waals surface area contributed by atoms with Gasteiger partial charge in [0.15, 0.2) is 0 Å². The van der Waals surface area contributed by atoms with Crippen molar-refractivity contribution in [3.05, 3.63) is 58.0 Å². The first-order chi connectivity index (χ1) is 10.0. The number of esters is 1. The molecule has 1 aromatic carbocycles. The molecule has 2 aromatic rings. The summed E-state index contributed by atoms with van der Waals surface area (Å²) in [6.07, 6.45) is 0. The van der Waals surface area contributed by atoms with Gasteiger partial charge in [-0.25, -0.2) is 4.79 Å².